The molecule has 0 aliphatic heterocycles. The minimum Gasteiger partial charge on any atom is -0.478 e. The van der Waals surface area contributed by atoms with Crippen molar-refractivity contribution in [1.82, 2.24) is 4.37 Å². The molecule has 100 valence electrons. The number of nitrogens with one attached hydrogen (secondary N) is 1. The minimum absolute atomic E-state index is 0.0709. The maximum absolute atomic E-state index is 13.3. The van der Waals surface area contributed by atoms with Crippen molar-refractivity contribution in [3.63, 3.8) is 0 Å². The molecule has 0 radical (unpaired) electrons. The fourth-order valence-corrected chi connectivity index (χ4v) is 2.76. The monoisotopic (exact) mass is 320 g/mol. The number of aromatic nitrogens is 1. The summed E-state index contributed by atoms with van der Waals surface area (Å²) in [5, 5.41) is 12.0. The van der Waals surface area contributed by atoms with E-state index in [1.54, 1.807) is 6.92 Å². The third-order valence-electron chi connectivity index (χ3n) is 2.32. The Balaban J connectivity index is 2.39. The number of aromatic carboxylic acids is 1. The number of carboxylic acids is 1. The topological polar surface area (TPSA) is 62.2 Å². The lowest BCUT2D eigenvalue weighted by atomic mass is 10.2. The highest BCUT2D eigenvalue weighted by Gasteiger charge is 2.18. The van der Waals surface area contributed by atoms with E-state index in [1.165, 1.54) is 12.1 Å². The fourth-order valence-electron chi connectivity index (χ4n) is 1.47. The highest BCUT2D eigenvalue weighted by Crippen LogP contribution is 2.32. The van der Waals surface area contributed by atoms with E-state index in [0.717, 1.165) is 11.5 Å². The number of anilines is 2. The van der Waals surface area contributed by atoms with Gasteiger partial charge >= 0.3 is 5.97 Å². The van der Waals surface area contributed by atoms with E-state index in [-0.39, 0.29) is 15.6 Å². The maximum atomic E-state index is 13.3. The second kappa shape index (κ2) is 5.32. The predicted molar refractivity (Wildman–Crippen MR) is 73.5 cm³/mol. The minimum atomic E-state index is -1.09. The van der Waals surface area contributed by atoms with Crippen molar-refractivity contribution in [2.24, 2.45) is 0 Å². The molecule has 1 aromatic carbocycles. The summed E-state index contributed by atoms with van der Waals surface area (Å²) in [5.74, 6) is -1.80. The summed E-state index contributed by atoms with van der Waals surface area (Å²) in [6.07, 6.45) is 0. The molecule has 0 spiro atoms. The van der Waals surface area contributed by atoms with Crippen LogP contribution in [0.4, 0.5) is 15.1 Å². The largest absolute Gasteiger partial charge is 0.478 e. The molecule has 0 amide bonds. The van der Waals surface area contributed by atoms with E-state index in [9.17, 15) is 9.18 Å². The van der Waals surface area contributed by atoms with Crippen molar-refractivity contribution in [1.29, 1.82) is 0 Å². The van der Waals surface area contributed by atoms with E-state index in [4.69, 9.17) is 28.3 Å². The lowest BCUT2D eigenvalue weighted by Gasteiger charge is -2.07. The highest BCUT2D eigenvalue weighted by molar-refractivity contribution is 7.10. The number of hydrogen-bond donors (Lipinski definition) is 2. The number of carbonyl (C=O) groups is 1. The van der Waals surface area contributed by atoms with Gasteiger partial charge in [-0.15, -0.1) is 0 Å². The quantitative estimate of drug-likeness (QED) is 0.826. The van der Waals surface area contributed by atoms with E-state index in [2.05, 4.69) is 9.69 Å². The van der Waals surface area contributed by atoms with Crippen molar-refractivity contribution in [2.45, 2.75) is 6.92 Å². The first-order valence-corrected chi connectivity index (χ1v) is 6.54. The molecular weight excluding hydrogens is 314 g/mol. The molecule has 4 nitrogen and oxygen atoms in total. The number of nitrogens with zero attached hydrogens (tertiary/aromatic N) is 1. The summed E-state index contributed by atoms with van der Waals surface area (Å²) in [6.45, 7) is 1.59. The Hall–Kier alpha value is -1.37. The van der Waals surface area contributed by atoms with Gasteiger partial charge in [-0.3, -0.25) is 0 Å². The molecule has 0 bridgehead atoms. The van der Waals surface area contributed by atoms with Crippen LogP contribution in [0.5, 0.6) is 0 Å². The molecule has 0 atom stereocenters. The van der Waals surface area contributed by atoms with E-state index < -0.39 is 11.8 Å². The molecule has 2 aromatic rings. The van der Waals surface area contributed by atoms with Crippen LogP contribution in [0.2, 0.25) is 10.0 Å². The van der Waals surface area contributed by atoms with Crippen molar-refractivity contribution in [3.05, 3.63) is 39.3 Å². The average molecular weight is 321 g/mol. The van der Waals surface area contributed by atoms with E-state index in [1.807, 2.05) is 0 Å². The Labute approximate surface area is 121 Å². The second-order valence-corrected chi connectivity index (χ2v) is 5.24. The van der Waals surface area contributed by atoms with Gasteiger partial charge in [0.2, 0.25) is 0 Å². The van der Waals surface area contributed by atoms with E-state index in [0.29, 0.717) is 16.4 Å². The summed E-state index contributed by atoms with van der Waals surface area (Å²) < 4.78 is 17.2. The normalized spacial score (nSPS) is 10.5. The Kier molecular flexibility index (Phi) is 3.93. The Morgan fingerprint density at radius 2 is 2.00 bits per heavy atom. The van der Waals surface area contributed by atoms with Crippen LogP contribution in [0.1, 0.15) is 16.1 Å². The Bertz CT molecular complexity index is 637. The van der Waals surface area contributed by atoms with Crippen LogP contribution in [-0.4, -0.2) is 15.4 Å². The Morgan fingerprint density at radius 1 is 1.42 bits per heavy atom. The van der Waals surface area contributed by atoms with E-state index >= 15 is 0 Å². The summed E-state index contributed by atoms with van der Waals surface area (Å²) in [5.41, 5.74) is 0.864. The first-order chi connectivity index (χ1) is 8.90. The number of halogens is 3. The second-order valence-electron chi connectivity index (χ2n) is 3.66. The van der Waals surface area contributed by atoms with Gasteiger partial charge in [-0.25, -0.2) is 9.18 Å². The molecule has 8 heteroatoms. The number of aryl methyl sites for hydroxylation is 1. The van der Waals surface area contributed by atoms with Crippen molar-refractivity contribution < 1.29 is 14.3 Å². The van der Waals surface area contributed by atoms with Crippen LogP contribution in [0.15, 0.2) is 12.1 Å². The fraction of sp³-hybridized carbons (Fsp3) is 0.0909. The van der Waals surface area contributed by atoms with Gasteiger partial charge in [-0.2, -0.15) is 4.37 Å². The molecule has 0 saturated carbocycles. The number of rotatable bonds is 3. The number of benzene rings is 1. The van der Waals surface area contributed by atoms with Gasteiger partial charge in [0.05, 0.1) is 15.7 Å². The average Bonchev–Trinajstić information content (AvgIpc) is 2.67. The molecule has 2 rings (SSSR count). The standard InChI is InChI=1S/C11H7Cl2FN2O2S/c1-4-8(11(17)18)10(19-16-4)15-5-2-6(12)9(14)7(13)3-5/h2-3,15H,1H3,(H,17,18). The highest BCUT2D eigenvalue weighted by atomic mass is 35.5. The smallest absolute Gasteiger partial charge is 0.340 e. The Morgan fingerprint density at radius 3 is 2.53 bits per heavy atom. The maximum Gasteiger partial charge on any atom is 0.340 e. The SMILES string of the molecule is Cc1nsc(Nc2cc(Cl)c(F)c(Cl)c2)c1C(=O)O. The summed E-state index contributed by atoms with van der Waals surface area (Å²) in [6, 6.07) is 2.65. The summed E-state index contributed by atoms with van der Waals surface area (Å²) in [4.78, 5) is 11.1. The van der Waals surface area contributed by atoms with Gasteiger partial charge in [0, 0.05) is 5.69 Å². The zero-order valence-corrected chi connectivity index (χ0v) is 11.8. The number of hydrogen-bond acceptors (Lipinski definition) is 4. The van der Waals surface area contributed by atoms with Gasteiger partial charge in [-0.1, -0.05) is 23.2 Å². The predicted octanol–water partition coefficient (Wildman–Crippen LogP) is 4.34. The third-order valence-corrected chi connectivity index (χ3v) is 3.72. The van der Waals surface area contributed by atoms with Crippen LogP contribution in [0.3, 0.4) is 0 Å². The molecule has 1 heterocycles. The van der Waals surface area contributed by atoms with Gasteiger partial charge in [0.25, 0.3) is 0 Å². The van der Waals surface area contributed by atoms with Gasteiger partial charge in [-0.05, 0) is 30.6 Å². The third kappa shape index (κ3) is 2.80. The molecule has 1 aromatic heterocycles. The first-order valence-electron chi connectivity index (χ1n) is 5.01. The van der Waals surface area contributed by atoms with Crippen LogP contribution < -0.4 is 5.32 Å². The zero-order chi connectivity index (χ0) is 14.2. The molecule has 19 heavy (non-hydrogen) atoms. The van der Waals surface area contributed by atoms with Gasteiger partial charge in [0.1, 0.15) is 10.6 Å². The molecule has 0 fully saturated rings. The van der Waals surface area contributed by atoms with Gasteiger partial charge in [0.15, 0.2) is 5.82 Å². The number of carboxylic acid groups (broad SMARTS) is 1. The van der Waals surface area contributed by atoms with Crippen LogP contribution in [0, 0.1) is 12.7 Å². The summed E-state index contributed by atoms with van der Waals surface area (Å²) in [7, 11) is 0. The lowest BCUT2D eigenvalue weighted by molar-refractivity contribution is 0.0697. The lowest BCUT2D eigenvalue weighted by Crippen LogP contribution is -2.01. The molecule has 0 aliphatic carbocycles. The van der Waals surface area contributed by atoms with Crippen LogP contribution in [-0.2, 0) is 0 Å². The molecule has 0 saturated heterocycles. The van der Waals surface area contributed by atoms with Crippen molar-refractivity contribution >= 4 is 51.4 Å². The van der Waals surface area contributed by atoms with Gasteiger partial charge < -0.3 is 10.4 Å². The van der Waals surface area contributed by atoms with Crippen molar-refractivity contribution in [2.75, 3.05) is 5.32 Å². The summed E-state index contributed by atoms with van der Waals surface area (Å²) >= 11 is 12.3. The molecular formula is C11H7Cl2FN2O2S. The van der Waals surface area contributed by atoms with Crippen molar-refractivity contribution in [3.8, 4) is 0 Å². The molecule has 0 aliphatic rings. The molecule has 0 unspecified atom stereocenters. The first kappa shape index (κ1) is 14.0. The molecule has 2 N–H and O–H groups in total. The zero-order valence-electron chi connectivity index (χ0n) is 9.50. The van der Waals surface area contributed by atoms with Crippen LogP contribution >= 0.6 is 34.7 Å². The van der Waals surface area contributed by atoms with Crippen LogP contribution in [0.25, 0.3) is 0 Å².